The molecule has 0 bridgehead atoms. The molecule has 1 saturated carbocycles. The van der Waals surface area contributed by atoms with Crippen LogP contribution in [0.5, 0.6) is 0 Å². The van der Waals surface area contributed by atoms with Crippen molar-refractivity contribution in [1.29, 1.82) is 0 Å². The average molecular weight is 242 g/mol. The Morgan fingerprint density at radius 2 is 2.06 bits per heavy atom. The van der Waals surface area contributed by atoms with Gasteiger partial charge in [0.15, 0.2) is 0 Å². The third-order valence-corrected chi connectivity index (χ3v) is 3.84. The first-order chi connectivity index (χ1) is 7.66. The molecule has 16 heavy (non-hydrogen) atoms. The van der Waals surface area contributed by atoms with Crippen LogP contribution in [0.3, 0.4) is 0 Å². The molecule has 1 atom stereocenters. The van der Waals surface area contributed by atoms with E-state index in [-0.39, 0.29) is 11.9 Å². The fraction of sp³-hybridized carbons (Fsp3) is 0.538. The monoisotopic (exact) mass is 241 g/mol. The van der Waals surface area contributed by atoms with Crippen LogP contribution in [-0.4, -0.2) is 6.04 Å². The van der Waals surface area contributed by atoms with E-state index >= 15 is 0 Å². The summed E-state index contributed by atoms with van der Waals surface area (Å²) in [6.07, 6.45) is 5.63. The standard InChI is InChI=1S/C13H17ClFN/c14-12-6-5-11(15)7-10(12)8-13(16)9-3-1-2-4-9/h5-7,9,13H,1-4,8,16H2. The van der Waals surface area contributed by atoms with Crippen LogP contribution in [0, 0.1) is 11.7 Å². The Hall–Kier alpha value is -0.600. The normalized spacial score (nSPS) is 18.9. The molecule has 1 unspecified atom stereocenters. The van der Waals surface area contributed by atoms with Crippen LogP contribution in [0.4, 0.5) is 4.39 Å². The van der Waals surface area contributed by atoms with Crippen LogP contribution in [0.2, 0.25) is 5.02 Å². The molecule has 1 aromatic rings. The van der Waals surface area contributed by atoms with Crippen LogP contribution < -0.4 is 5.73 Å². The van der Waals surface area contributed by atoms with Gasteiger partial charge in [0.2, 0.25) is 0 Å². The van der Waals surface area contributed by atoms with Gasteiger partial charge in [-0.1, -0.05) is 24.4 Å². The zero-order valence-electron chi connectivity index (χ0n) is 9.26. The maximum atomic E-state index is 13.1. The summed E-state index contributed by atoms with van der Waals surface area (Å²) in [5.74, 6) is 0.345. The van der Waals surface area contributed by atoms with Crippen molar-refractivity contribution in [1.82, 2.24) is 0 Å². The van der Waals surface area contributed by atoms with Gasteiger partial charge in [0, 0.05) is 11.1 Å². The molecule has 2 N–H and O–H groups in total. The van der Waals surface area contributed by atoms with E-state index in [1.54, 1.807) is 6.07 Å². The first kappa shape index (κ1) is 11.9. The Bertz CT molecular complexity index is 361. The minimum Gasteiger partial charge on any atom is -0.327 e. The maximum absolute atomic E-state index is 13.1. The Kier molecular flexibility index (Phi) is 3.82. The second-order valence-corrected chi connectivity index (χ2v) is 5.06. The molecule has 1 fully saturated rings. The molecule has 0 aliphatic heterocycles. The quantitative estimate of drug-likeness (QED) is 0.861. The van der Waals surface area contributed by atoms with Gasteiger partial charge >= 0.3 is 0 Å². The molecule has 88 valence electrons. The van der Waals surface area contributed by atoms with Gasteiger partial charge in [0.05, 0.1) is 0 Å². The molecule has 1 aromatic carbocycles. The Balaban J connectivity index is 2.04. The number of hydrogen-bond acceptors (Lipinski definition) is 1. The zero-order chi connectivity index (χ0) is 11.5. The summed E-state index contributed by atoms with van der Waals surface area (Å²) in [7, 11) is 0. The lowest BCUT2D eigenvalue weighted by molar-refractivity contribution is 0.428. The summed E-state index contributed by atoms with van der Waals surface area (Å²) in [6.45, 7) is 0. The Morgan fingerprint density at radius 1 is 1.38 bits per heavy atom. The Morgan fingerprint density at radius 3 is 2.75 bits per heavy atom. The summed E-state index contributed by atoms with van der Waals surface area (Å²) >= 11 is 6.02. The van der Waals surface area contributed by atoms with Crippen molar-refractivity contribution in [2.75, 3.05) is 0 Å². The predicted molar refractivity (Wildman–Crippen MR) is 65.0 cm³/mol. The summed E-state index contributed by atoms with van der Waals surface area (Å²) < 4.78 is 13.1. The van der Waals surface area contributed by atoms with Crippen molar-refractivity contribution in [3.05, 3.63) is 34.6 Å². The highest BCUT2D eigenvalue weighted by atomic mass is 35.5. The van der Waals surface area contributed by atoms with E-state index in [4.69, 9.17) is 17.3 Å². The van der Waals surface area contributed by atoms with Gasteiger partial charge in [0.25, 0.3) is 0 Å². The van der Waals surface area contributed by atoms with Crippen LogP contribution in [-0.2, 0) is 6.42 Å². The van der Waals surface area contributed by atoms with Crippen molar-refractivity contribution < 1.29 is 4.39 Å². The first-order valence-corrected chi connectivity index (χ1v) is 6.24. The van der Waals surface area contributed by atoms with Gasteiger partial charge in [-0.3, -0.25) is 0 Å². The lowest BCUT2D eigenvalue weighted by atomic mass is 9.93. The van der Waals surface area contributed by atoms with Gasteiger partial charge in [-0.05, 0) is 48.9 Å². The maximum Gasteiger partial charge on any atom is 0.123 e. The lowest BCUT2D eigenvalue weighted by Gasteiger charge is -2.19. The topological polar surface area (TPSA) is 26.0 Å². The minimum atomic E-state index is -0.238. The van der Waals surface area contributed by atoms with Crippen LogP contribution in [0.15, 0.2) is 18.2 Å². The number of rotatable bonds is 3. The van der Waals surface area contributed by atoms with Gasteiger partial charge in [-0.25, -0.2) is 4.39 Å². The minimum absolute atomic E-state index is 0.113. The molecule has 0 heterocycles. The molecular formula is C13H17ClFN. The van der Waals surface area contributed by atoms with Crippen LogP contribution in [0.1, 0.15) is 31.2 Å². The van der Waals surface area contributed by atoms with Crippen molar-refractivity contribution in [2.45, 2.75) is 38.1 Å². The van der Waals surface area contributed by atoms with E-state index in [0.29, 0.717) is 17.4 Å². The molecule has 1 aliphatic rings. The molecule has 3 heteroatoms. The number of halogens is 2. The van der Waals surface area contributed by atoms with Gasteiger partial charge < -0.3 is 5.73 Å². The van der Waals surface area contributed by atoms with E-state index < -0.39 is 0 Å². The third-order valence-electron chi connectivity index (χ3n) is 3.47. The molecular weight excluding hydrogens is 225 g/mol. The number of nitrogens with two attached hydrogens (primary N) is 1. The van der Waals surface area contributed by atoms with Crippen molar-refractivity contribution in [3.63, 3.8) is 0 Å². The molecule has 2 rings (SSSR count). The molecule has 1 aliphatic carbocycles. The Labute approximate surface area is 101 Å². The first-order valence-electron chi connectivity index (χ1n) is 5.86. The molecule has 0 saturated heterocycles. The average Bonchev–Trinajstić information content (AvgIpc) is 2.76. The van der Waals surface area contributed by atoms with Crippen LogP contribution >= 0.6 is 11.6 Å². The number of hydrogen-bond donors (Lipinski definition) is 1. The van der Waals surface area contributed by atoms with Crippen molar-refractivity contribution >= 4 is 11.6 Å². The van der Waals surface area contributed by atoms with E-state index in [1.807, 2.05) is 0 Å². The predicted octanol–water partition coefficient (Wildman–Crippen LogP) is 3.54. The zero-order valence-corrected chi connectivity index (χ0v) is 10.0. The lowest BCUT2D eigenvalue weighted by Crippen LogP contribution is -2.30. The van der Waals surface area contributed by atoms with E-state index in [1.165, 1.54) is 37.8 Å². The summed E-state index contributed by atoms with van der Waals surface area (Å²) in [4.78, 5) is 0. The summed E-state index contributed by atoms with van der Waals surface area (Å²) in [6, 6.07) is 4.60. The van der Waals surface area contributed by atoms with Gasteiger partial charge in [-0.2, -0.15) is 0 Å². The van der Waals surface area contributed by atoms with Crippen LogP contribution in [0.25, 0.3) is 0 Å². The highest BCUT2D eigenvalue weighted by Gasteiger charge is 2.22. The number of benzene rings is 1. The van der Waals surface area contributed by atoms with E-state index in [9.17, 15) is 4.39 Å². The van der Waals surface area contributed by atoms with E-state index in [2.05, 4.69) is 0 Å². The second-order valence-electron chi connectivity index (χ2n) is 4.65. The SMILES string of the molecule is NC(Cc1cc(F)ccc1Cl)C1CCCC1. The second kappa shape index (κ2) is 5.15. The highest BCUT2D eigenvalue weighted by Crippen LogP contribution is 2.29. The molecule has 0 spiro atoms. The van der Waals surface area contributed by atoms with Crippen molar-refractivity contribution in [3.8, 4) is 0 Å². The molecule has 0 amide bonds. The highest BCUT2D eigenvalue weighted by molar-refractivity contribution is 6.31. The smallest absolute Gasteiger partial charge is 0.123 e. The van der Waals surface area contributed by atoms with Gasteiger partial charge in [0.1, 0.15) is 5.82 Å². The van der Waals surface area contributed by atoms with Gasteiger partial charge in [-0.15, -0.1) is 0 Å². The molecule has 0 radical (unpaired) electrons. The summed E-state index contributed by atoms with van der Waals surface area (Å²) in [5, 5.41) is 0.620. The fourth-order valence-corrected chi connectivity index (χ4v) is 2.70. The van der Waals surface area contributed by atoms with E-state index in [0.717, 1.165) is 5.56 Å². The summed E-state index contributed by atoms with van der Waals surface area (Å²) in [5.41, 5.74) is 6.98. The fourth-order valence-electron chi connectivity index (χ4n) is 2.51. The van der Waals surface area contributed by atoms with Crippen molar-refractivity contribution in [2.24, 2.45) is 11.7 Å². The largest absolute Gasteiger partial charge is 0.327 e. The molecule has 1 nitrogen and oxygen atoms in total. The third kappa shape index (κ3) is 2.74. The molecule has 0 aromatic heterocycles.